The minimum Gasteiger partial charge on any atom is -0.326 e. The van der Waals surface area contributed by atoms with Crippen LogP contribution >= 0.6 is 23.2 Å². The number of aromatic nitrogens is 3. The van der Waals surface area contributed by atoms with Crippen molar-refractivity contribution in [3.63, 3.8) is 0 Å². The normalized spacial score (nSPS) is 14.6. The topological polar surface area (TPSA) is 54.9 Å². The molecule has 5 aromatic rings. The average Bonchev–Trinajstić information content (AvgIpc) is 3.43. The second-order valence-corrected chi connectivity index (χ2v) is 11.0. The van der Waals surface area contributed by atoms with E-state index in [1.807, 2.05) is 36.4 Å². The molecule has 1 amide bonds. The van der Waals surface area contributed by atoms with Gasteiger partial charge in [0.25, 0.3) is 5.91 Å². The first-order valence-corrected chi connectivity index (χ1v) is 14.1. The SMILES string of the molecule is O=C(c1cc2nc(-c3ccc(Cl)c(Cl)c3)cc(C(F)(F)F)n2n1)N1CC[NH+](C(c2ccccc2)c2ccccc2)CC1. The highest BCUT2D eigenvalue weighted by Gasteiger charge is 2.37. The molecule has 1 saturated heterocycles. The van der Waals surface area contributed by atoms with Crippen LogP contribution in [0.25, 0.3) is 16.9 Å². The van der Waals surface area contributed by atoms with Gasteiger partial charge in [0.05, 0.1) is 41.9 Å². The van der Waals surface area contributed by atoms with Crippen LogP contribution in [0.5, 0.6) is 0 Å². The van der Waals surface area contributed by atoms with E-state index in [4.69, 9.17) is 23.2 Å². The molecule has 3 aromatic carbocycles. The lowest BCUT2D eigenvalue weighted by atomic mass is 9.96. The van der Waals surface area contributed by atoms with Crippen LogP contribution in [-0.4, -0.2) is 51.6 Å². The summed E-state index contributed by atoms with van der Waals surface area (Å²) in [6, 6.07) is 27.2. The number of halogens is 5. The third-order valence-corrected chi connectivity index (χ3v) is 8.26. The van der Waals surface area contributed by atoms with Crippen molar-refractivity contribution in [2.45, 2.75) is 12.2 Å². The molecule has 0 atom stereocenters. The summed E-state index contributed by atoms with van der Waals surface area (Å²) < 4.78 is 42.9. The van der Waals surface area contributed by atoms with E-state index in [1.165, 1.54) is 40.3 Å². The molecule has 11 heteroatoms. The van der Waals surface area contributed by atoms with Crippen molar-refractivity contribution >= 4 is 34.8 Å². The summed E-state index contributed by atoms with van der Waals surface area (Å²) in [5.41, 5.74) is 1.53. The lowest BCUT2D eigenvalue weighted by molar-refractivity contribution is -0.929. The maximum absolute atomic E-state index is 14.1. The van der Waals surface area contributed by atoms with Gasteiger partial charge in [-0.1, -0.05) is 89.9 Å². The van der Waals surface area contributed by atoms with Crippen LogP contribution in [0.3, 0.4) is 0 Å². The number of carbonyl (C=O) groups excluding carboxylic acids is 1. The molecular formula is C31H25Cl2F3N5O+. The van der Waals surface area contributed by atoms with E-state index in [0.717, 1.165) is 6.07 Å². The van der Waals surface area contributed by atoms with Crippen LogP contribution in [-0.2, 0) is 6.18 Å². The summed E-state index contributed by atoms with van der Waals surface area (Å²) in [5, 5.41) is 4.52. The number of alkyl halides is 3. The van der Waals surface area contributed by atoms with Gasteiger partial charge in [0.1, 0.15) is 6.04 Å². The summed E-state index contributed by atoms with van der Waals surface area (Å²) in [7, 11) is 0. The molecule has 214 valence electrons. The molecule has 1 aliphatic rings. The van der Waals surface area contributed by atoms with Crippen molar-refractivity contribution in [3.8, 4) is 11.3 Å². The van der Waals surface area contributed by atoms with Crippen LogP contribution in [0.4, 0.5) is 13.2 Å². The number of carbonyl (C=O) groups is 1. The van der Waals surface area contributed by atoms with Gasteiger partial charge in [0, 0.05) is 22.8 Å². The Hall–Kier alpha value is -3.92. The first-order valence-electron chi connectivity index (χ1n) is 13.4. The summed E-state index contributed by atoms with van der Waals surface area (Å²) in [6.45, 7) is 2.21. The molecule has 0 bridgehead atoms. The van der Waals surface area contributed by atoms with Crippen molar-refractivity contribution in [2.24, 2.45) is 0 Å². The van der Waals surface area contributed by atoms with Gasteiger partial charge in [0.15, 0.2) is 17.0 Å². The van der Waals surface area contributed by atoms with E-state index in [9.17, 15) is 18.0 Å². The van der Waals surface area contributed by atoms with Crippen molar-refractivity contribution in [1.29, 1.82) is 0 Å². The fraction of sp³-hybridized carbons (Fsp3) is 0.194. The number of fused-ring (bicyclic) bond motifs is 1. The summed E-state index contributed by atoms with van der Waals surface area (Å²) in [5.74, 6) is -0.431. The van der Waals surface area contributed by atoms with Crippen LogP contribution < -0.4 is 4.90 Å². The molecule has 0 aliphatic carbocycles. The van der Waals surface area contributed by atoms with Crippen LogP contribution in [0.1, 0.15) is 33.4 Å². The maximum atomic E-state index is 14.1. The summed E-state index contributed by atoms with van der Waals surface area (Å²) in [4.78, 5) is 20.8. The highest BCUT2D eigenvalue weighted by Crippen LogP contribution is 2.34. The van der Waals surface area contributed by atoms with Crippen molar-refractivity contribution < 1.29 is 22.9 Å². The van der Waals surface area contributed by atoms with Gasteiger partial charge in [-0.15, -0.1) is 0 Å². The zero-order valence-electron chi connectivity index (χ0n) is 22.2. The Kier molecular flexibility index (Phi) is 7.66. The molecule has 6 rings (SSSR count). The minimum atomic E-state index is -4.74. The average molecular weight is 611 g/mol. The standard InChI is InChI=1S/C31H24Cl2F3N5O/c32-23-12-11-22(17-24(23)33)25-18-27(31(34,35)36)41-28(37-25)19-26(38-41)30(42)40-15-13-39(14-16-40)29(20-7-3-1-4-8-20)21-9-5-2-6-10-21/h1-12,17-19,29H,13-16H2/p+1. The number of rotatable bonds is 5. The Morgan fingerprint density at radius 3 is 2.02 bits per heavy atom. The molecule has 1 N–H and O–H groups in total. The van der Waals surface area contributed by atoms with Gasteiger partial charge in [-0.05, 0) is 18.2 Å². The van der Waals surface area contributed by atoms with Gasteiger partial charge in [-0.2, -0.15) is 18.3 Å². The quantitative estimate of drug-likeness (QED) is 0.271. The molecular weight excluding hydrogens is 586 g/mol. The fourth-order valence-corrected chi connectivity index (χ4v) is 5.78. The first kappa shape index (κ1) is 28.2. The van der Waals surface area contributed by atoms with E-state index < -0.39 is 17.8 Å². The Labute approximate surface area is 249 Å². The maximum Gasteiger partial charge on any atom is 0.433 e. The Bertz CT molecular complexity index is 1700. The summed E-state index contributed by atoms with van der Waals surface area (Å²) in [6.07, 6.45) is -4.74. The molecule has 0 saturated carbocycles. The monoisotopic (exact) mass is 610 g/mol. The lowest BCUT2D eigenvalue weighted by Gasteiger charge is -2.36. The number of piperazine rings is 1. The Morgan fingerprint density at radius 1 is 0.833 bits per heavy atom. The third kappa shape index (κ3) is 5.60. The second-order valence-electron chi connectivity index (χ2n) is 10.2. The number of nitrogens with one attached hydrogen (secondary N) is 1. The minimum absolute atomic E-state index is 0.0392. The molecule has 3 heterocycles. The van der Waals surface area contributed by atoms with Crippen molar-refractivity contribution in [2.75, 3.05) is 26.2 Å². The number of hydrogen-bond acceptors (Lipinski definition) is 3. The lowest BCUT2D eigenvalue weighted by Crippen LogP contribution is -3.15. The summed E-state index contributed by atoms with van der Waals surface area (Å²) >= 11 is 12.1. The van der Waals surface area contributed by atoms with Gasteiger partial charge in [-0.25, -0.2) is 9.50 Å². The predicted molar refractivity (Wildman–Crippen MR) is 155 cm³/mol. The van der Waals surface area contributed by atoms with Crippen molar-refractivity contribution in [1.82, 2.24) is 19.5 Å². The van der Waals surface area contributed by atoms with E-state index in [1.54, 1.807) is 4.90 Å². The van der Waals surface area contributed by atoms with Crippen LogP contribution in [0.15, 0.2) is 91.0 Å². The van der Waals surface area contributed by atoms with Gasteiger partial charge < -0.3 is 9.80 Å². The van der Waals surface area contributed by atoms with Gasteiger partial charge in [0.2, 0.25) is 0 Å². The Balaban J connectivity index is 1.27. The van der Waals surface area contributed by atoms with E-state index >= 15 is 0 Å². The van der Waals surface area contributed by atoms with Gasteiger partial charge >= 0.3 is 6.18 Å². The van der Waals surface area contributed by atoms with Crippen LogP contribution in [0, 0.1) is 0 Å². The molecule has 0 spiro atoms. The molecule has 0 unspecified atom stereocenters. The molecule has 6 nitrogen and oxygen atoms in total. The van der Waals surface area contributed by atoms with E-state index in [2.05, 4.69) is 34.3 Å². The highest BCUT2D eigenvalue weighted by molar-refractivity contribution is 6.42. The Morgan fingerprint density at radius 2 is 1.45 bits per heavy atom. The number of hydrogen-bond donors (Lipinski definition) is 1. The third-order valence-electron chi connectivity index (χ3n) is 7.52. The molecule has 1 aliphatic heterocycles. The first-order chi connectivity index (χ1) is 20.2. The predicted octanol–water partition coefficient (Wildman–Crippen LogP) is 5.85. The van der Waals surface area contributed by atoms with E-state index in [-0.39, 0.29) is 33.1 Å². The molecule has 1 fully saturated rings. The molecule has 42 heavy (non-hydrogen) atoms. The number of quaternary nitrogens is 1. The zero-order chi connectivity index (χ0) is 29.4. The molecule has 0 radical (unpaired) electrons. The largest absolute Gasteiger partial charge is 0.433 e. The van der Waals surface area contributed by atoms with Crippen molar-refractivity contribution in [3.05, 3.63) is 124 Å². The number of amides is 1. The highest BCUT2D eigenvalue weighted by atomic mass is 35.5. The number of nitrogens with zero attached hydrogens (tertiary/aromatic N) is 4. The van der Waals surface area contributed by atoms with Crippen LogP contribution in [0.2, 0.25) is 10.0 Å². The molecule has 2 aromatic heterocycles. The fourth-order valence-electron chi connectivity index (χ4n) is 5.49. The second kappa shape index (κ2) is 11.4. The van der Waals surface area contributed by atoms with Gasteiger partial charge in [-0.3, -0.25) is 4.79 Å². The van der Waals surface area contributed by atoms with E-state index in [0.29, 0.717) is 36.3 Å². The zero-order valence-corrected chi connectivity index (χ0v) is 23.7. The smallest absolute Gasteiger partial charge is 0.326 e. The number of benzene rings is 3.